The predicted octanol–water partition coefficient (Wildman–Crippen LogP) is 4.65. The molecule has 1 heterocycles. The molecule has 2 aromatic rings. The highest BCUT2D eigenvalue weighted by Gasteiger charge is 2.68. The van der Waals surface area contributed by atoms with Crippen LogP contribution in [0.2, 0.25) is 5.02 Å². The number of non-ortho nitro benzene ring substituents is 1. The third-order valence-electron chi connectivity index (χ3n) is 7.59. The van der Waals surface area contributed by atoms with E-state index in [1.165, 1.54) is 43.3 Å². The van der Waals surface area contributed by atoms with Crippen molar-refractivity contribution in [3.05, 3.63) is 74.8 Å². The fourth-order valence-electron chi connectivity index (χ4n) is 5.81. The van der Waals surface area contributed by atoms with E-state index >= 15 is 0 Å². The van der Waals surface area contributed by atoms with E-state index in [4.69, 9.17) is 11.6 Å². The summed E-state index contributed by atoms with van der Waals surface area (Å²) in [5, 5.41) is 13.2. The van der Waals surface area contributed by atoms with Gasteiger partial charge in [0.15, 0.2) is 5.78 Å². The zero-order valence-electron chi connectivity index (χ0n) is 19.3. The minimum absolute atomic E-state index is 0.00118. The van der Waals surface area contributed by atoms with Crippen molar-refractivity contribution in [2.45, 2.75) is 29.0 Å². The summed E-state index contributed by atoms with van der Waals surface area (Å²) in [7, 11) is 0. The molecule has 0 unspecified atom stereocenters. The molecule has 9 nitrogen and oxygen atoms in total. The first kappa shape index (κ1) is 26.0. The number of nitro benzene ring substituents is 1. The minimum Gasteiger partial charge on any atom is -0.292 e. The second-order valence-corrected chi connectivity index (χ2v) is 12.0. The largest absolute Gasteiger partial charge is 0.292 e. The molecule has 2 aliphatic carbocycles. The molecule has 1 saturated heterocycles. The molecule has 5 rings (SSSR count). The maximum Gasteiger partial charge on any atom is 0.273 e. The Morgan fingerprint density at radius 2 is 1.46 bits per heavy atom. The van der Waals surface area contributed by atoms with Crippen molar-refractivity contribution in [1.29, 1.82) is 0 Å². The van der Waals surface area contributed by atoms with Crippen LogP contribution in [0.5, 0.6) is 0 Å². The number of hydrogen-bond acceptors (Lipinski definition) is 6. The molecule has 12 heteroatoms. The summed E-state index contributed by atoms with van der Waals surface area (Å²) in [5.41, 5.74) is 0.0251. The lowest BCUT2D eigenvalue weighted by Crippen LogP contribution is -2.56. The van der Waals surface area contributed by atoms with Gasteiger partial charge in [0, 0.05) is 37.9 Å². The van der Waals surface area contributed by atoms with Crippen molar-refractivity contribution in [1.82, 2.24) is 10.0 Å². The van der Waals surface area contributed by atoms with Crippen LogP contribution in [0.4, 0.5) is 5.69 Å². The maximum absolute atomic E-state index is 13.8. The number of carbonyl (C=O) groups is 4. The Bertz CT molecular complexity index is 1290. The van der Waals surface area contributed by atoms with E-state index < -0.39 is 46.3 Å². The van der Waals surface area contributed by atoms with Crippen LogP contribution in [0.1, 0.15) is 34.1 Å². The van der Waals surface area contributed by atoms with Gasteiger partial charge in [0.2, 0.25) is 0 Å². The Hall–Kier alpha value is -2.63. The lowest BCUT2D eigenvalue weighted by molar-refractivity contribution is -0.384. The molecule has 0 radical (unpaired) electrons. The van der Waals surface area contributed by atoms with E-state index in [9.17, 15) is 29.3 Å². The summed E-state index contributed by atoms with van der Waals surface area (Å²) in [6.07, 6.45) is 0.710. The van der Waals surface area contributed by atoms with Crippen molar-refractivity contribution in [2.75, 3.05) is 0 Å². The van der Waals surface area contributed by atoms with Gasteiger partial charge in [-0.15, -0.1) is 0 Å². The number of benzene rings is 2. The average Bonchev–Trinajstić information content (AvgIpc) is 3.50. The first-order chi connectivity index (χ1) is 17.5. The highest BCUT2D eigenvalue weighted by atomic mass is 79.9. The van der Waals surface area contributed by atoms with Gasteiger partial charge in [0.25, 0.3) is 23.4 Å². The van der Waals surface area contributed by atoms with E-state index in [-0.39, 0.29) is 38.3 Å². The lowest BCUT2D eigenvalue weighted by atomic mass is 9.81. The third kappa shape index (κ3) is 4.11. The number of imide groups is 1. The summed E-state index contributed by atoms with van der Waals surface area (Å²) in [4.78, 5) is 65.2. The second-order valence-electron chi connectivity index (χ2n) is 9.49. The summed E-state index contributed by atoms with van der Waals surface area (Å²) >= 11 is 13.2. The van der Waals surface area contributed by atoms with Gasteiger partial charge in [0.1, 0.15) is 6.04 Å². The fourth-order valence-corrected chi connectivity index (χ4v) is 7.81. The number of fused-ring (bicyclic) bond motifs is 5. The SMILES string of the molecule is C[C@H](C(=O)c1ccc(Cl)cc1)N(C(=O)c1ccc([N+](=O)[O-])cc1)N1C(=O)[C@@H]2[C@H]3C[C@@H]([C@H](Br)[C@H]3Br)[C@@H]2C1=O. The van der Waals surface area contributed by atoms with Gasteiger partial charge >= 0.3 is 0 Å². The number of alkyl halides is 2. The van der Waals surface area contributed by atoms with Crippen molar-refractivity contribution in [3.8, 4) is 0 Å². The maximum atomic E-state index is 13.8. The van der Waals surface area contributed by atoms with Gasteiger partial charge in [-0.25, -0.2) is 5.01 Å². The number of halogens is 3. The molecule has 2 bridgehead atoms. The molecule has 2 saturated carbocycles. The standard InChI is InChI=1S/C25H20Br2ClN3O6/c1-11(22(32)12-2-6-14(28)7-3-12)29(23(33)13-4-8-15(9-5-13)31(36)37)30-24(34)18-16-10-17(19(18)25(30)35)21(27)20(16)26/h2-9,11,16-21H,10H2,1H3/t11-,16-,17-,18-,19+,20+,21+/m1/s1. The number of rotatable bonds is 6. The summed E-state index contributed by atoms with van der Waals surface area (Å²) < 4.78 is 0. The van der Waals surface area contributed by atoms with E-state index in [1.54, 1.807) is 0 Å². The highest BCUT2D eigenvalue weighted by molar-refractivity contribution is 9.12. The molecular formula is C25H20Br2ClN3O6. The Labute approximate surface area is 233 Å². The van der Waals surface area contributed by atoms with E-state index in [2.05, 4.69) is 31.9 Å². The van der Waals surface area contributed by atoms with Crippen molar-refractivity contribution >= 4 is 72.7 Å². The Balaban J connectivity index is 1.54. The van der Waals surface area contributed by atoms with E-state index in [0.717, 1.165) is 22.2 Å². The van der Waals surface area contributed by atoms with Crippen LogP contribution in [0.15, 0.2) is 48.5 Å². The van der Waals surface area contributed by atoms with Crippen LogP contribution in [-0.2, 0) is 9.59 Å². The Morgan fingerprint density at radius 3 is 1.95 bits per heavy atom. The molecule has 0 spiro atoms. The molecule has 0 N–H and O–H groups in total. The molecule has 0 aromatic heterocycles. The van der Waals surface area contributed by atoms with Crippen LogP contribution >= 0.6 is 43.5 Å². The topological polar surface area (TPSA) is 118 Å². The van der Waals surface area contributed by atoms with Gasteiger partial charge in [-0.3, -0.25) is 29.3 Å². The molecule has 3 amide bonds. The number of hydrogen-bond donors (Lipinski definition) is 0. The normalized spacial score (nSPS) is 28.8. The van der Waals surface area contributed by atoms with E-state index in [0.29, 0.717) is 11.4 Å². The highest BCUT2D eigenvalue weighted by Crippen LogP contribution is 2.60. The van der Waals surface area contributed by atoms with Crippen molar-refractivity contribution in [3.63, 3.8) is 0 Å². The number of nitro groups is 1. The lowest BCUT2D eigenvalue weighted by Gasteiger charge is -2.35. The Morgan fingerprint density at radius 1 is 0.973 bits per heavy atom. The molecule has 3 fully saturated rings. The molecule has 7 atom stereocenters. The van der Waals surface area contributed by atoms with Crippen molar-refractivity contribution < 1.29 is 24.1 Å². The fraction of sp³-hybridized carbons (Fsp3) is 0.360. The number of hydrazine groups is 1. The number of ketones is 1. The molecule has 3 aliphatic rings. The number of amides is 3. The summed E-state index contributed by atoms with van der Waals surface area (Å²) in [5.74, 6) is -3.68. The number of carbonyl (C=O) groups excluding carboxylic acids is 4. The molecule has 37 heavy (non-hydrogen) atoms. The first-order valence-corrected chi connectivity index (χ1v) is 13.8. The third-order valence-corrected chi connectivity index (χ3v) is 11.0. The van der Waals surface area contributed by atoms with Gasteiger partial charge < -0.3 is 0 Å². The second kappa shape index (κ2) is 9.59. The predicted molar refractivity (Wildman–Crippen MR) is 140 cm³/mol. The summed E-state index contributed by atoms with van der Waals surface area (Å²) in [6.45, 7) is 1.45. The van der Waals surface area contributed by atoms with Gasteiger partial charge in [-0.05, 0) is 61.6 Å². The van der Waals surface area contributed by atoms with Crippen LogP contribution in [0, 0.1) is 33.8 Å². The minimum atomic E-state index is -1.23. The van der Waals surface area contributed by atoms with Crippen LogP contribution in [0.3, 0.4) is 0 Å². The smallest absolute Gasteiger partial charge is 0.273 e. The zero-order valence-corrected chi connectivity index (χ0v) is 23.2. The number of nitrogens with zero attached hydrogens (tertiary/aromatic N) is 3. The molecular weight excluding hydrogens is 634 g/mol. The Kier molecular flexibility index (Phi) is 6.74. The van der Waals surface area contributed by atoms with Crippen LogP contribution < -0.4 is 0 Å². The number of Topliss-reactive ketones (excluding diaryl/α,β-unsaturated/α-hetero) is 1. The van der Waals surface area contributed by atoms with E-state index in [1.807, 2.05) is 0 Å². The van der Waals surface area contributed by atoms with Gasteiger partial charge in [0.05, 0.1) is 16.8 Å². The van der Waals surface area contributed by atoms with Crippen molar-refractivity contribution in [2.24, 2.45) is 23.7 Å². The van der Waals surface area contributed by atoms with Gasteiger partial charge in [-0.2, -0.15) is 5.01 Å². The zero-order chi connectivity index (χ0) is 26.8. The average molecular weight is 654 g/mol. The molecule has 192 valence electrons. The van der Waals surface area contributed by atoms with Gasteiger partial charge in [-0.1, -0.05) is 43.5 Å². The molecule has 2 aromatic carbocycles. The molecule has 1 aliphatic heterocycles. The first-order valence-electron chi connectivity index (χ1n) is 11.6. The van der Waals surface area contributed by atoms with Crippen LogP contribution in [0.25, 0.3) is 0 Å². The monoisotopic (exact) mass is 651 g/mol. The quantitative estimate of drug-likeness (QED) is 0.147. The summed E-state index contributed by atoms with van der Waals surface area (Å²) in [6, 6.07) is 9.64. The van der Waals surface area contributed by atoms with Crippen LogP contribution in [-0.4, -0.2) is 54.1 Å².